The maximum Gasteiger partial charge on any atom is 0.250 e. The Balaban J connectivity index is 0.00000162. The summed E-state index contributed by atoms with van der Waals surface area (Å²) in [7, 11) is 0. The van der Waals surface area contributed by atoms with E-state index in [2.05, 4.69) is 10.6 Å². The molecule has 1 aliphatic heterocycles. The number of hydrogen-bond donors (Lipinski definition) is 2. The summed E-state index contributed by atoms with van der Waals surface area (Å²) in [5.41, 5.74) is 3.29. The summed E-state index contributed by atoms with van der Waals surface area (Å²) >= 11 is 0. The highest BCUT2D eigenvalue weighted by Gasteiger charge is 2.09. The number of anilines is 2. The smallest absolute Gasteiger partial charge is 0.250 e. The van der Waals surface area contributed by atoms with Crippen molar-refractivity contribution >= 4 is 29.7 Å². The fourth-order valence-corrected chi connectivity index (χ4v) is 1.94. The molecule has 18 heavy (non-hydrogen) atoms. The number of halogens is 1. The lowest BCUT2D eigenvalue weighted by molar-refractivity contribution is -0.120. The molecule has 0 aliphatic carbocycles. The van der Waals surface area contributed by atoms with Crippen LogP contribution in [0.5, 0.6) is 0 Å². The van der Waals surface area contributed by atoms with Crippen LogP contribution in [0.1, 0.15) is 18.9 Å². The summed E-state index contributed by atoms with van der Waals surface area (Å²) in [5, 5.41) is 6.18. The summed E-state index contributed by atoms with van der Waals surface area (Å²) in [6, 6.07) is 5.97. The highest BCUT2D eigenvalue weighted by Crippen LogP contribution is 2.24. The molecule has 0 saturated carbocycles. The highest BCUT2D eigenvalue weighted by atomic mass is 35.5. The number of rotatable bonds is 4. The average molecular weight is 271 g/mol. The van der Waals surface area contributed by atoms with Gasteiger partial charge < -0.3 is 15.4 Å². The molecular formula is C13H19ClN2O2. The molecule has 2 N–H and O–H groups in total. The minimum atomic E-state index is -0.101. The van der Waals surface area contributed by atoms with Crippen molar-refractivity contribution in [3.05, 3.63) is 23.8 Å². The number of fused-ring (bicyclic) bond motifs is 1. The molecule has 0 unspecified atom stereocenters. The van der Waals surface area contributed by atoms with E-state index in [1.54, 1.807) is 0 Å². The molecular weight excluding hydrogens is 252 g/mol. The van der Waals surface area contributed by atoms with Crippen LogP contribution in [0, 0.1) is 0 Å². The van der Waals surface area contributed by atoms with Gasteiger partial charge in [-0.05, 0) is 43.5 Å². The van der Waals surface area contributed by atoms with E-state index in [9.17, 15) is 4.79 Å². The molecule has 0 radical (unpaired) electrons. The van der Waals surface area contributed by atoms with E-state index in [1.165, 1.54) is 11.3 Å². The van der Waals surface area contributed by atoms with Crippen LogP contribution in [0.4, 0.5) is 11.4 Å². The van der Waals surface area contributed by atoms with Crippen LogP contribution in [0.25, 0.3) is 0 Å². The van der Waals surface area contributed by atoms with Crippen LogP contribution in [0.15, 0.2) is 18.2 Å². The number of carbonyl (C=O) groups excluding carboxylic acids is 1. The Morgan fingerprint density at radius 3 is 3.11 bits per heavy atom. The largest absolute Gasteiger partial charge is 0.385 e. The lowest BCUT2D eigenvalue weighted by atomic mass is 10.0. The van der Waals surface area contributed by atoms with Crippen molar-refractivity contribution in [2.75, 3.05) is 30.4 Å². The first-order chi connectivity index (χ1) is 8.29. The van der Waals surface area contributed by atoms with Crippen molar-refractivity contribution in [3.63, 3.8) is 0 Å². The van der Waals surface area contributed by atoms with Gasteiger partial charge in [-0.15, -0.1) is 12.4 Å². The molecule has 1 aromatic rings. The van der Waals surface area contributed by atoms with Crippen LogP contribution in [0.2, 0.25) is 0 Å². The standard InChI is InChI=1S/C13H18N2O2.ClH/c1-2-17-9-13(16)15-11-5-6-12-10(8-11)4-3-7-14-12;/h5-6,8,14H,2-4,7,9H2,1H3,(H,15,16);1H. The van der Waals surface area contributed by atoms with Gasteiger partial charge in [-0.2, -0.15) is 0 Å². The molecule has 0 spiro atoms. The summed E-state index contributed by atoms with van der Waals surface area (Å²) in [4.78, 5) is 11.5. The van der Waals surface area contributed by atoms with Gasteiger partial charge in [0.25, 0.3) is 0 Å². The summed E-state index contributed by atoms with van der Waals surface area (Å²) < 4.78 is 5.06. The molecule has 0 saturated heterocycles. The monoisotopic (exact) mass is 270 g/mol. The Bertz CT molecular complexity index is 410. The Kier molecular flexibility index (Phi) is 5.95. The quantitative estimate of drug-likeness (QED) is 0.884. The van der Waals surface area contributed by atoms with Gasteiger partial charge in [-0.1, -0.05) is 0 Å². The summed E-state index contributed by atoms with van der Waals surface area (Å²) in [6.07, 6.45) is 2.21. The van der Waals surface area contributed by atoms with Crippen LogP contribution < -0.4 is 10.6 Å². The van der Waals surface area contributed by atoms with Crippen molar-refractivity contribution in [1.82, 2.24) is 0 Å². The molecule has 5 heteroatoms. The summed E-state index contributed by atoms with van der Waals surface area (Å²) in [5.74, 6) is -0.101. The van der Waals surface area contributed by atoms with E-state index in [0.29, 0.717) is 6.61 Å². The van der Waals surface area contributed by atoms with Gasteiger partial charge >= 0.3 is 0 Å². The molecule has 0 aromatic heterocycles. The molecule has 0 atom stereocenters. The number of benzene rings is 1. The Labute approximate surface area is 114 Å². The first kappa shape index (κ1) is 14.8. The van der Waals surface area contributed by atoms with Crippen LogP contribution in [0.3, 0.4) is 0 Å². The van der Waals surface area contributed by atoms with Crippen LogP contribution in [-0.2, 0) is 16.0 Å². The fraction of sp³-hybridized carbons (Fsp3) is 0.462. The average Bonchev–Trinajstić information content (AvgIpc) is 2.36. The van der Waals surface area contributed by atoms with E-state index in [4.69, 9.17) is 4.74 Å². The predicted octanol–water partition coefficient (Wildman–Crippen LogP) is 2.44. The zero-order valence-corrected chi connectivity index (χ0v) is 11.3. The van der Waals surface area contributed by atoms with Crippen molar-refractivity contribution in [2.45, 2.75) is 19.8 Å². The minimum absolute atomic E-state index is 0. The van der Waals surface area contributed by atoms with Crippen molar-refractivity contribution < 1.29 is 9.53 Å². The van der Waals surface area contributed by atoms with Crippen molar-refractivity contribution in [1.29, 1.82) is 0 Å². The molecule has 100 valence electrons. The Morgan fingerprint density at radius 2 is 2.33 bits per heavy atom. The lowest BCUT2D eigenvalue weighted by Gasteiger charge is -2.18. The number of aryl methyl sites for hydroxylation is 1. The normalized spacial score (nSPS) is 12.9. The van der Waals surface area contributed by atoms with Gasteiger partial charge in [-0.3, -0.25) is 4.79 Å². The van der Waals surface area contributed by atoms with Crippen molar-refractivity contribution in [2.24, 2.45) is 0 Å². The fourth-order valence-electron chi connectivity index (χ4n) is 1.94. The highest BCUT2D eigenvalue weighted by molar-refractivity contribution is 5.92. The van der Waals surface area contributed by atoms with Gasteiger partial charge in [0.15, 0.2) is 0 Å². The first-order valence-corrected chi connectivity index (χ1v) is 6.04. The third kappa shape index (κ3) is 3.89. The van der Waals surface area contributed by atoms with Crippen LogP contribution in [-0.4, -0.2) is 25.7 Å². The molecule has 0 bridgehead atoms. The van der Waals surface area contributed by atoms with E-state index in [0.717, 1.165) is 25.1 Å². The molecule has 0 fully saturated rings. The summed E-state index contributed by atoms with van der Waals surface area (Å²) in [6.45, 7) is 3.58. The second-order valence-electron chi connectivity index (χ2n) is 4.09. The van der Waals surface area contributed by atoms with E-state index in [1.807, 2.05) is 25.1 Å². The lowest BCUT2D eigenvalue weighted by Crippen LogP contribution is -2.19. The zero-order chi connectivity index (χ0) is 12.1. The van der Waals surface area contributed by atoms with E-state index >= 15 is 0 Å². The third-order valence-corrected chi connectivity index (χ3v) is 2.76. The van der Waals surface area contributed by atoms with E-state index in [-0.39, 0.29) is 24.9 Å². The molecule has 1 heterocycles. The SMILES string of the molecule is CCOCC(=O)Nc1ccc2c(c1)CCCN2.Cl. The third-order valence-electron chi connectivity index (χ3n) is 2.76. The van der Waals surface area contributed by atoms with Gasteiger partial charge in [0.2, 0.25) is 5.91 Å². The second kappa shape index (κ2) is 7.24. The first-order valence-electron chi connectivity index (χ1n) is 6.04. The molecule has 2 rings (SSSR count). The van der Waals surface area contributed by atoms with Crippen LogP contribution >= 0.6 is 12.4 Å². The second-order valence-corrected chi connectivity index (χ2v) is 4.09. The minimum Gasteiger partial charge on any atom is -0.385 e. The van der Waals surface area contributed by atoms with Crippen molar-refractivity contribution in [3.8, 4) is 0 Å². The number of nitrogens with one attached hydrogen (secondary N) is 2. The Hall–Kier alpha value is -1.26. The van der Waals surface area contributed by atoms with Gasteiger partial charge in [0.05, 0.1) is 0 Å². The zero-order valence-electron chi connectivity index (χ0n) is 10.5. The predicted molar refractivity (Wildman–Crippen MR) is 75.6 cm³/mol. The number of ether oxygens (including phenoxy) is 1. The number of hydrogen-bond acceptors (Lipinski definition) is 3. The van der Waals surface area contributed by atoms with E-state index < -0.39 is 0 Å². The molecule has 1 aliphatic rings. The molecule has 1 amide bonds. The number of amides is 1. The maximum atomic E-state index is 11.5. The van der Waals surface area contributed by atoms with Gasteiger partial charge in [0.1, 0.15) is 6.61 Å². The van der Waals surface area contributed by atoms with Gasteiger partial charge in [-0.25, -0.2) is 0 Å². The maximum absolute atomic E-state index is 11.5. The topological polar surface area (TPSA) is 50.4 Å². The molecule has 4 nitrogen and oxygen atoms in total. The van der Waals surface area contributed by atoms with Gasteiger partial charge in [0, 0.05) is 24.5 Å². The number of carbonyl (C=O) groups is 1. The molecule has 1 aromatic carbocycles. The Morgan fingerprint density at radius 1 is 1.50 bits per heavy atom.